The van der Waals surface area contributed by atoms with Gasteiger partial charge < -0.3 is 14.6 Å². The number of halogens is 3. The second kappa shape index (κ2) is 9.26. The van der Waals surface area contributed by atoms with Crippen molar-refractivity contribution in [3.63, 3.8) is 0 Å². The number of nitriles is 1. The molecule has 0 saturated heterocycles. The van der Waals surface area contributed by atoms with E-state index in [0.717, 1.165) is 0 Å². The summed E-state index contributed by atoms with van der Waals surface area (Å²) in [5.74, 6) is 0.250. The van der Waals surface area contributed by atoms with Crippen molar-refractivity contribution in [2.24, 2.45) is 0 Å². The van der Waals surface area contributed by atoms with E-state index in [0.29, 0.717) is 16.9 Å². The molecule has 0 bridgehead atoms. The molecule has 0 aromatic heterocycles. The fraction of sp³-hybridized carbons (Fsp3) is 0.316. The molecule has 0 fully saturated rings. The van der Waals surface area contributed by atoms with Crippen LogP contribution in [0, 0.1) is 11.3 Å². The van der Waals surface area contributed by atoms with E-state index in [-0.39, 0.29) is 25.4 Å². The molecule has 144 valence electrons. The molecule has 2 rings (SSSR count). The lowest BCUT2D eigenvalue weighted by molar-refractivity contribution is -0.275. The fourth-order valence-electron chi connectivity index (χ4n) is 2.44. The molecule has 2 aromatic carbocycles. The Morgan fingerprint density at radius 2 is 1.81 bits per heavy atom. The van der Waals surface area contributed by atoms with Gasteiger partial charge in [0.15, 0.2) is 0 Å². The minimum Gasteiger partial charge on any atom is -0.491 e. The van der Waals surface area contributed by atoms with Crippen molar-refractivity contribution in [3.05, 3.63) is 59.7 Å². The van der Waals surface area contributed by atoms with Crippen LogP contribution in [0.2, 0.25) is 0 Å². The van der Waals surface area contributed by atoms with E-state index < -0.39 is 12.5 Å². The monoisotopic (exact) mass is 380 g/mol. The minimum atomic E-state index is -4.76. The van der Waals surface area contributed by atoms with Crippen molar-refractivity contribution in [1.82, 2.24) is 4.90 Å². The second-order valence-corrected chi connectivity index (χ2v) is 5.95. The minimum absolute atomic E-state index is 0.0109. The van der Waals surface area contributed by atoms with Crippen LogP contribution in [-0.4, -0.2) is 42.7 Å². The standard InChI is InChI=1S/C19H19F3N2O3/c1-24(11-15-4-2-3-5-18(15)27-19(20,21)22)12-16(25)13-26-17-8-6-14(10-23)7-9-17/h2-9,16,25H,11-13H2,1H3. The first-order valence-electron chi connectivity index (χ1n) is 8.10. The Labute approximate surface area is 155 Å². The van der Waals surface area contributed by atoms with Gasteiger partial charge in [-0.2, -0.15) is 5.26 Å². The van der Waals surface area contributed by atoms with Gasteiger partial charge in [0.1, 0.15) is 24.2 Å². The van der Waals surface area contributed by atoms with Crippen molar-refractivity contribution in [3.8, 4) is 17.6 Å². The third kappa shape index (κ3) is 7.17. The SMILES string of the molecule is CN(Cc1ccccc1OC(F)(F)F)CC(O)COc1ccc(C#N)cc1. The van der Waals surface area contributed by atoms with Gasteiger partial charge in [-0.15, -0.1) is 13.2 Å². The summed E-state index contributed by atoms with van der Waals surface area (Å²) in [6.45, 7) is 0.369. The van der Waals surface area contributed by atoms with Crippen molar-refractivity contribution in [1.29, 1.82) is 5.26 Å². The van der Waals surface area contributed by atoms with Gasteiger partial charge >= 0.3 is 6.36 Å². The number of ether oxygens (including phenoxy) is 2. The van der Waals surface area contributed by atoms with E-state index in [9.17, 15) is 18.3 Å². The maximum absolute atomic E-state index is 12.5. The average molecular weight is 380 g/mol. The summed E-state index contributed by atoms with van der Waals surface area (Å²) in [4.78, 5) is 1.67. The van der Waals surface area contributed by atoms with E-state index in [1.54, 1.807) is 42.3 Å². The number of rotatable bonds is 8. The Kier molecular flexibility index (Phi) is 7.05. The third-order valence-electron chi connectivity index (χ3n) is 3.59. The fourth-order valence-corrected chi connectivity index (χ4v) is 2.44. The average Bonchev–Trinajstić information content (AvgIpc) is 2.61. The molecule has 2 aromatic rings. The van der Waals surface area contributed by atoms with E-state index >= 15 is 0 Å². The summed E-state index contributed by atoms with van der Waals surface area (Å²) in [5, 5.41) is 18.8. The van der Waals surface area contributed by atoms with Gasteiger partial charge in [0.2, 0.25) is 0 Å². The van der Waals surface area contributed by atoms with Crippen LogP contribution in [0.5, 0.6) is 11.5 Å². The lowest BCUT2D eigenvalue weighted by Crippen LogP contribution is -2.33. The Hall–Kier alpha value is -2.76. The van der Waals surface area contributed by atoms with Gasteiger partial charge in [0.05, 0.1) is 11.6 Å². The molecule has 0 aliphatic heterocycles. The summed E-state index contributed by atoms with van der Waals surface area (Å²) in [6.07, 6.45) is -5.61. The molecule has 0 saturated carbocycles. The van der Waals surface area contributed by atoms with E-state index in [2.05, 4.69) is 4.74 Å². The van der Waals surface area contributed by atoms with Crippen LogP contribution in [0.25, 0.3) is 0 Å². The quantitative estimate of drug-likeness (QED) is 0.761. The summed E-state index contributed by atoms with van der Waals surface area (Å²) in [7, 11) is 1.68. The first kappa shape index (κ1) is 20.6. The van der Waals surface area contributed by atoms with Crippen molar-refractivity contribution >= 4 is 0 Å². The number of nitrogens with zero attached hydrogens (tertiary/aromatic N) is 2. The van der Waals surface area contributed by atoms with Crippen LogP contribution in [0.15, 0.2) is 48.5 Å². The second-order valence-electron chi connectivity index (χ2n) is 5.95. The number of benzene rings is 2. The molecule has 0 amide bonds. The van der Waals surface area contributed by atoms with Crippen LogP contribution in [0.4, 0.5) is 13.2 Å². The molecule has 27 heavy (non-hydrogen) atoms. The van der Waals surface area contributed by atoms with Crippen LogP contribution in [-0.2, 0) is 6.54 Å². The van der Waals surface area contributed by atoms with Crippen LogP contribution in [0.1, 0.15) is 11.1 Å². The molecule has 0 radical (unpaired) electrons. The molecule has 1 N–H and O–H groups in total. The van der Waals surface area contributed by atoms with Crippen LogP contribution < -0.4 is 9.47 Å². The highest BCUT2D eigenvalue weighted by molar-refractivity contribution is 5.34. The first-order valence-corrected chi connectivity index (χ1v) is 8.10. The van der Waals surface area contributed by atoms with Gasteiger partial charge in [-0.1, -0.05) is 18.2 Å². The summed E-state index contributed by atoms with van der Waals surface area (Å²) < 4.78 is 46.9. The molecule has 0 aliphatic carbocycles. The highest BCUT2D eigenvalue weighted by atomic mass is 19.4. The summed E-state index contributed by atoms with van der Waals surface area (Å²) >= 11 is 0. The van der Waals surface area contributed by atoms with Gasteiger partial charge in [-0.05, 0) is 37.4 Å². The van der Waals surface area contributed by atoms with Crippen LogP contribution in [0.3, 0.4) is 0 Å². The third-order valence-corrected chi connectivity index (χ3v) is 3.59. The normalized spacial score (nSPS) is 12.5. The Morgan fingerprint density at radius 3 is 2.44 bits per heavy atom. The zero-order valence-electron chi connectivity index (χ0n) is 14.6. The molecule has 8 heteroatoms. The topological polar surface area (TPSA) is 65.7 Å². The molecule has 1 atom stereocenters. The highest BCUT2D eigenvalue weighted by Gasteiger charge is 2.32. The van der Waals surface area contributed by atoms with Crippen LogP contribution >= 0.6 is 0 Å². The first-order chi connectivity index (χ1) is 12.8. The van der Waals surface area contributed by atoms with E-state index in [1.807, 2.05) is 6.07 Å². The number of likely N-dealkylation sites (N-methyl/N-ethyl adjacent to an activating group) is 1. The maximum Gasteiger partial charge on any atom is 0.573 e. The summed E-state index contributed by atoms with van der Waals surface area (Å²) in [5.41, 5.74) is 0.861. The lowest BCUT2D eigenvalue weighted by atomic mass is 10.2. The number of hydrogen-bond donors (Lipinski definition) is 1. The van der Waals surface area contributed by atoms with Crippen molar-refractivity contribution in [2.45, 2.75) is 19.0 Å². The molecular weight excluding hydrogens is 361 g/mol. The molecule has 1 unspecified atom stereocenters. The molecule has 0 spiro atoms. The number of para-hydroxylation sites is 1. The maximum atomic E-state index is 12.5. The smallest absolute Gasteiger partial charge is 0.491 e. The van der Waals surface area contributed by atoms with Gasteiger partial charge in [0, 0.05) is 18.7 Å². The Morgan fingerprint density at radius 1 is 1.15 bits per heavy atom. The zero-order valence-corrected chi connectivity index (χ0v) is 14.6. The Balaban J connectivity index is 1.86. The van der Waals surface area contributed by atoms with Crippen molar-refractivity contribution < 1.29 is 27.8 Å². The van der Waals surface area contributed by atoms with Crippen molar-refractivity contribution in [2.75, 3.05) is 20.2 Å². The highest BCUT2D eigenvalue weighted by Crippen LogP contribution is 2.27. The van der Waals surface area contributed by atoms with Gasteiger partial charge in [-0.3, -0.25) is 4.90 Å². The van der Waals surface area contributed by atoms with Gasteiger partial charge in [-0.25, -0.2) is 0 Å². The molecule has 0 aliphatic rings. The molecule has 0 heterocycles. The summed E-state index contributed by atoms with van der Waals surface area (Å²) in [6, 6.07) is 14.3. The van der Waals surface area contributed by atoms with Gasteiger partial charge in [0.25, 0.3) is 0 Å². The lowest BCUT2D eigenvalue weighted by Gasteiger charge is -2.22. The number of hydrogen-bond acceptors (Lipinski definition) is 5. The number of aliphatic hydroxyl groups excluding tert-OH is 1. The largest absolute Gasteiger partial charge is 0.573 e. The predicted octanol–water partition coefficient (Wildman–Crippen LogP) is 3.33. The van der Waals surface area contributed by atoms with E-state index in [1.165, 1.54) is 18.2 Å². The molecule has 5 nitrogen and oxygen atoms in total. The molecular formula is C19H19F3N2O3. The van der Waals surface area contributed by atoms with E-state index in [4.69, 9.17) is 10.00 Å². The zero-order chi connectivity index (χ0) is 19.9. The Bertz CT molecular complexity index is 773. The predicted molar refractivity (Wildman–Crippen MR) is 92.1 cm³/mol. The number of alkyl halides is 3. The number of aliphatic hydroxyl groups is 1.